The van der Waals surface area contributed by atoms with Gasteiger partial charge in [0.1, 0.15) is 5.82 Å². The maximum Gasteiger partial charge on any atom is 0.251 e. The quantitative estimate of drug-likeness (QED) is 0.760. The van der Waals surface area contributed by atoms with Gasteiger partial charge in [0.05, 0.1) is 0 Å². The van der Waals surface area contributed by atoms with Crippen molar-refractivity contribution in [3.8, 4) is 0 Å². The topological polar surface area (TPSA) is 55.1 Å². The molecule has 1 aromatic rings. The lowest BCUT2D eigenvalue weighted by Gasteiger charge is -2.04. The molecule has 2 atom stereocenters. The van der Waals surface area contributed by atoms with E-state index in [-0.39, 0.29) is 23.8 Å². The van der Waals surface area contributed by atoms with Crippen molar-refractivity contribution in [2.45, 2.75) is 25.4 Å². The number of aryl methyl sites for hydroxylation is 1. The van der Waals surface area contributed by atoms with E-state index in [9.17, 15) is 9.18 Å². The van der Waals surface area contributed by atoms with E-state index in [1.54, 1.807) is 13.0 Å². The highest BCUT2D eigenvalue weighted by atomic mass is 19.1. The van der Waals surface area contributed by atoms with Crippen molar-refractivity contribution >= 4 is 5.91 Å². The zero-order chi connectivity index (χ0) is 11.0. The number of carbonyl (C=O) groups is 1. The van der Waals surface area contributed by atoms with Gasteiger partial charge in [0.25, 0.3) is 5.91 Å². The predicted molar refractivity (Wildman–Crippen MR) is 55.0 cm³/mol. The van der Waals surface area contributed by atoms with Crippen molar-refractivity contribution in [2.75, 3.05) is 0 Å². The SMILES string of the molecule is Cc1cc(F)cc(C(=O)NC2CC2N)c1. The van der Waals surface area contributed by atoms with E-state index < -0.39 is 0 Å². The first-order valence-corrected chi connectivity index (χ1v) is 4.90. The van der Waals surface area contributed by atoms with Crippen molar-refractivity contribution < 1.29 is 9.18 Å². The Kier molecular flexibility index (Phi) is 2.44. The summed E-state index contributed by atoms with van der Waals surface area (Å²) >= 11 is 0. The molecule has 0 aliphatic heterocycles. The van der Waals surface area contributed by atoms with Crippen LogP contribution in [0.5, 0.6) is 0 Å². The highest BCUT2D eigenvalue weighted by molar-refractivity contribution is 5.94. The maximum absolute atomic E-state index is 13.0. The van der Waals surface area contributed by atoms with E-state index in [1.807, 2.05) is 0 Å². The van der Waals surface area contributed by atoms with E-state index in [2.05, 4.69) is 5.32 Å². The summed E-state index contributed by atoms with van der Waals surface area (Å²) in [5.41, 5.74) is 6.65. The number of hydrogen-bond donors (Lipinski definition) is 2. The molecule has 3 N–H and O–H groups in total. The molecular formula is C11H13FN2O. The fourth-order valence-electron chi connectivity index (χ4n) is 1.50. The van der Waals surface area contributed by atoms with E-state index >= 15 is 0 Å². The Morgan fingerprint density at radius 3 is 2.73 bits per heavy atom. The van der Waals surface area contributed by atoms with Gasteiger partial charge in [-0.1, -0.05) is 0 Å². The van der Waals surface area contributed by atoms with Crippen LogP contribution < -0.4 is 11.1 Å². The molecule has 15 heavy (non-hydrogen) atoms. The van der Waals surface area contributed by atoms with Gasteiger partial charge in [0.15, 0.2) is 0 Å². The first-order chi connectivity index (χ1) is 7.06. The molecule has 3 nitrogen and oxygen atoms in total. The third kappa shape index (κ3) is 2.33. The van der Waals surface area contributed by atoms with E-state index in [4.69, 9.17) is 5.73 Å². The number of nitrogens with two attached hydrogens (primary N) is 1. The normalized spacial score (nSPS) is 23.7. The fourth-order valence-corrected chi connectivity index (χ4v) is 1.50. The van der Waals surface area contributed by atoms with Crippen LogP contribution in [-0.4, -0.2) is 18.0 Å². The largest absolute Gasteiger partial charge is 0.348 e. The minimum absolute atomic E-state index is 0.0565. The molecule has 0 radical (unpaired) electrons. The molecule has 0 saturated heterocycles. The second-order valence-corrected chi connectivity index (χ2v) is 4.00. The number of benzene rings is 1. The molecule has 0 heterocycles. The molecule has 0 spiro atoms. The molecule has 2 rings (SSSR count). The van der Waals surface area contributed by atoms with Crippen molar-refractivity contribution in [3.63, 3.8) is 0 Å². The Morgan fingerprint density at radius 2 is 2.20 bits per heavy atom. The van der Waals surface area contributed by atoms with Gasteiger partial charge in [-0.15, -0.1) is 0 Å². The average molecular weight is 208 g/mol. The second kappa shape index (κ2) is 3.62. The molecule has 1 saturated carbocycles. The molecule has 1 amide bonds. The number of carbonyl (C=O) groups excluding carboxylic acids is 1. The summed E-state index contributed by atoms with van der Waals surface area (Å²) in [6.45, 7) is 1.75. The molecule has 0 bridgehead atoms. The lowest BCUT2D eigenvalue weighted by Crippen LogP contribution is -2.29. The molecule has 1 aliphatic rings. The number of hydrogen-bond acceptors (Lipinski definition) is 2. The van der Waals surface area contributed by atoms with Crippen LogP contribution in [0.4, 0.5) is 4.39 Å². The maximum atomic E-state index is 13.0. The van der Waals surface area contributed by atoms with Crippen LogP contribution in [0.2, 0.25) is 0 Å². The molecule has 1 aliphatic carbocycles. The number of halogens is 1. The van der Waals surface area contributed by atoms with Crippen LogP contribution in [0.1, 0.15) is 22.3 Å². The summed E-state index contributed by atoms with van der Waals surface area (Å²) < 4.78 is 13.0. The number of amides is 1. The fraction of sp³-hybridized carbons (Fsp3) is 0.364. The van der Waals surface area contributed by atoms with E-state index in [1.165, 1.54) is 12.1 Å². The molecule has 2 unspecified atom stereocenters. The number of nitrogens with one attached hydrogen (secondary N) is 1. The van der Waals surface area contributed by atoms with Crippen molar-refractivity contribution in [1.29, 1.82) is 0 Å². The van der Waals surface area contributed by atoms with Crippen LogP contribution in [0.25, 0.3) is 0 Å². The predicted octanol–water partition coefficient (Wildman–Crippen LogP) is 0.964. The molecule has 1 aromatic carbocycles. The third-order valence-corrected chi connectivity index (χ3v) is 2.46. The Bertz CT molecular complexity index is 385. The van der Waals surface area contributed by atoms with Crippen molar-refractivity contribution in [3.05, 3.63) is 35.1 Å². The van der Waals surface area contributed by atoms with Crippen LogP contribution in [0, 0.1) is 12.7 Å². The Hall–Kier alpha value is -1.42. The van der Waals surface area contributed by atoms with Gasteiger partial charge in [-0.2, -0.15) is 0 Å². The van der Waals surface area contributed by atoms with Crippen LogP contribution in [0.3, 0.4) is 0 Å². The Balaban J connectivity index is 2.11. The summed E-state index contributed by atoms with van der Waals surface area (Å²) in [4.78, 5) is 11.6. The van der Waals surface area contributed by atoms with Gasteiger partial charge < -0.3 is 11.1 Å². The Labute approximate surface area is 87.5 Å². The van der Waals surface area contributed by atoms with Gasteiger partial charge in [-0.3, -0.25) is 4.79 Å². The number of rotatable bonds is 2. The lowest BCUT2D eigenvalue weighted by molar-refractivity contribution is 0.0949. The smallest absolute Gasteiger partial charge is 0.251 e. The highest BCUT2D eigenvalue weighted by Crippen LogP contribution is 2.18. The van der Waals surface area contributed by atoms with Gasteiger partial charge in [-0.25, -0.2) is 4.39 Å². The molecule has 1 fully saturated rings. The highest BCUT2D eigenvalue weighted by Gasteiger charge is 2.34. The summed E-state index contributed by atoms with van der Waals surface area (Å²) in [5.74, 6) is -0.643. The van der Waals surface area contributed by atoms with E-state index in [0.717, 1.165) is 12.0 Å². The monoisotopic (exact) mass is 208 g/mol. The molecule has 4 heteroatoms. The lowest BCUT2D eigenvalue weighted by atomic mass is 10.1. The van der Waals surface area contributed by atoms with Gasteiger partial charge >= 0.3 is 0 Å². The summed E-state index contributed by atoms with van der Waals surface area (Å²) in [5, 5.41) is 2.74. The zero-order valence-corrected chi connectivity index (χ0v) is 8.46. The second-order valence-electron chi connectivity index (χ2n) is 4.00. The van der Waals surface area contributed by atoms with Gasteiger partial charge in [0.2, 0.25) is 0 Å². The van der Waals surface area contributed by atoms with Crippen LogP contribution in [-0.2, 0) is 0 Å². The van der Waals surface area contributed by atoms with E-state index in [0.29, 0.717) is 5.56 Å². The summed E-state index contributed by atoms with van der Waals surface area (Å²) in [6.07, 6.45) is 0.806. The third-order valence-electron chi connectivity index (χ3n) is 2.46. The standard InChI is InChI=1S/C11H13FN2O/c1-6-2-7(4-8(12)3-6)11(15)14-10-5-9(10)13/h2-4,9-10H,5,13H2,1H3,(H,14,15). The minimum Gasteiger partial charge on any atom is -0.348 e. The van der Waals surface area contributed by atoms with Crippen LogP contribution in [0.15, 0.2) is 18.2 Å². The first-order valence-electron chi connectivity index (χ1n) is 4.90. The van der Waals surface area contributed by atoms with Gasteiger partial charge in [-0.05, 0) is 37.1 Å². The van der Waals surface area contributed by atoms with Crippen molar-refractivity contribution in [2.24, 2.45) is 5.73 Å². The van der Waals surface area contributed by atoms with Crippen LogP contribution >= 0.6 is 0 Å². The summed E-state index contributed by atoms with van der Waals surface area (Å²) in [7, 11) is 0. The summed E-state index contributed by atoms with van der Waals surface area (Å²) in [6, 6.07) is 4.40. The first kappa shape index (κ1) is 10.1. The molecule has 0 aromatic heterocycles. The average Bonchev–Trinajstić information content (AvgIpc) is 2.79. The Morgan fingerprint density at radius 1 is 1.53 bits per heavy atom. The zero-order valence-electron chi connectivity index (χ0n) is 8.46. The van der Waals surface area contributed by atoms with Crippen molar-refractivity contribution in [1.82, 2.24) is 5.32 Å². The molecule has 80 valence electrons. The molecular weight excluding hydrogens is 195 g/mol. The minimum atomic E-state index is -0.389. The van der Waals surface area contributed by atoms with Gasteiger partial charge in [0, 0.05) is 17.6 Å².